The van der Waals surface area contributed by atoms with Gasteiger partial charge >= 0.3 is 0 Å². The van der Waals surface area contributed by atoms with Crippen molar-refractivity contribution in [3.8, 4) is 0 Å². The minimum Gasteiger partial charge on any atom is -0.339 e. The van der Waals surface area contributed by atoms with E-state index >= 15 is 0 Å². The van der Waals surface area contributed by atoms with Crippen LogP contribution in [0.5, 0.6) is 0 Å². The Bertz CT molecular complexity index is 677. The average Bonchev–Trinajstić information content (AvgIpc) is 3.37. The smallest absolute Gasteiger partial charge is 0.233 e. The van der Waals surface area contributed by atoms with Gasteiger partial charge in [0.15, 0.2) is 0 Å². The number of aryl methyl sites for hydroxylation is 2. The molecule has 1 aromatic rings. The SMILES string of the molecule is O=C(CSc1ccc2c(c1)CCC2)N1CCN(C(=O)C2CCCC2)CC1. The van der Waals surface area contributed by atoms with Crippen LogP contribution in [0.3, 0.4) is 0 Å². The molecule has 1 heterocycles. The van der Waals surface area contributed by atoms with Gasteiger partial charge in [-0.05, 0) is 55.4 Å². The summed E-state index contributed by atoms with van der Waals surface area (Å²) in [6, 6.07) is 6.64. The summed E-state index contributed by atoms with van der Waals surface area (Å²) in [6.45, 7) is 2.76. The Hall–Kier alpha value is -1.49. The van der Waals surface area contributed by atoms with Crippen molar-refractivity contribution in [3.05, 3.63) is 29.3 Å². The van der Waals surface area contributed by atoms with Gasteiger partial charge in [-0.1, -0.05) is 18.9 Å². The zero-order chi connectivity index (χ0) is 17.9. The Labute approximate surface area is 160 Å². The first kappa shape index (κ1) is 17.9. The minimum atomic E-state index is 0.198. The molecule has 5 heteroatoms. The first-order chi connectivity index (χ1) is 12.7. The summed E-state index contributed by atoms with van der Waals surface area (Å²) in [6.07, 6.45) is 8.11. The van der Waals surface area contributed by atoms with Gasteiger partial charge in [-0.3, -0.25) is 9.59 Å². The summed E-state index contributed by atoms with van der Waals surface area (Å²) in [5, 5.41) is 0. The molecule has 0 radical (unpaired) electrons. The second-order valence-corrected chi connectivity index (χ2v) is 8.81. The normalized spacial score (nSPS) is 20.5. The lowest BCUT2D eigenvalue weighted by atomic mass is 10.1. The molecule has 1 aromatic carbocycles. The number of hydrogen-bond donors (Lipinski definition) is 0. The van der Waals surface area contributed by atoms with Crippen molar-refractivity contribution in [2.45, 2.75) is 49.8 Å². The van der Waals surface area contributed by atoms with Crippen LogP contribution in [0.1, 0.15) is 43.2 Å². The summed E-state index contributed by atoms with van der Waals surface area (Å²) in [5.74, 6) is 1.26. The van der Waals surface area contributed by atoms with Crippen LogP contribution in [0.4, 0.5) is 0 Å². The van der Waals surface area contributed by atoms with E-state index in [2.05, 4.69) is 18.2 Å². The van der Waals surface area contributed by atoms with E-state index in [0.29, 0.717) is 37.8 Å². The van der Waals surface area contributed by atoms with Gasteiger partial charge < -0.3 is 9.80 Å². The Morgan fingerprint density at radius 3 is 2.38 bits per heavy atom. The molecule has 1 aliphatic heterocycles. The zero-order valence-corrected chi connectivity index (χ0v) is 16.2. The van der Waals surface area contributed by atoms with Gasteiger partial charge in [-0.15, -0.1) is 11.8 Å². The van der Waals surface area contributed by atoms with Gasteiger partial charge in [-0.25, -0.2) is 0 Å². The van der Waals surface area contributed by atoms with E-state index in [4.69, 9.17) is 0 Å². The second kappa shape index (κ2) is 8.03. The number of nitrogens with zero attached hydrogens (tertiary/aromatic N) is 2. The number of carbonyl (C=O) groups excluding carboxylic acids is 2. The molecule has 0 unspecified atom stereocenters. The molecule has 140 valence electrons. The van der Waals surface area contributed by atoms with E-state index in [1.807, 2.05) is 9.80 Å². The van der Waals surface area contributed by atoms with Crippen LogP contribution < -0.4 is 0 Å². The molecule has 2 amide bonds. The van der Waals surface area contributed by atoms with Gasteiger partial charge in [0.05, 0.1) is 5.75 Å². The first-order valence-corrected chi connectivity index (χ1v) is 11.0. The molecular weight excluding hydrogens is 344 g/mol. The van der Waals surface area contributed by atoms with Crippen molar-refractivity contribution in [3.63, 3.8) is 0 Å². The number of thioether (sulfide) groups is 1. The zero-order valence-electron chi connectivity index (χ0n) is 15.4. The molecule has 1 saturated heterocycles. The second-order valence-electron chi connectivity index (χ2n) is 7.76. The topological polar surface area (TPSA) is 40.6 Å². The maximum absolute atomic E-state index is 12.5. The molecule has 0 aromatic heterocycles. The molecule has 3 aliphatic rings. The lowest BCUT2D eigenvalue weighted by Gasteiger charge is -2.36. The van der Waals surface area contributed by atoms with E-state index in [9.17, 15) is 9.59 Å². The van der Waals surface area contributed by atoms with E-state index in [0.717, 1.165) is 12.8 Å². The minimum absolute atomic E-state index is 0.198. The van der Waals surface area contributed by atoms with E-state index in [-0.39, 0.29) is 11.8 Å². The Morgan fingerprint density at radius 1 is 0.923 bits per heavy atom. The summed E-state index contributed by atoms with van der Waals surface area (Å²) in [5.41, 5.74) is 2.94. The summed E-state index contributed by atoms with van der Waals surface area (Å²) in [7, 11) is 0. The van der Waals surface area contributed by atoms with Crippen molar-refractivity contribution in [1.29, 1.82) is 0 Å². The number of piperazine rings is 1. The molecule has 0 N–H and O–H groups in total. The number of amides is 2. The molecule has 2 fully saturated rings. The molecule has 0 atom stereocenters. The van der Waals surface area contributed by atoms with Crippen molar-refractivity contribution in [1.82, 2.24) is 9.80 Å². The number of benzene rings is 1. The van der Waals surface area contributed by atoms with E-state index < -0.39 is 0 Å². The van der Waals surface area contributed by atoms with Crippen LogP contribution in [-0.4, -0.2) is 53.5 Å². The van der Waals surface area contributed by atoms with Crippen LogP contribution in [0.25, 0.3) is 0 Å². The summed E-state index contributed by atoms with van der Waals surface area (Å²) >= 11 is 1.64. The standard InChI is InChI=1S/C21H28N2O2S/c24-20(15-26-19-9-8-16-6-3-7-18(16)14-19)22-10-12-23(13-11-22)21(25)17-4-1-2-5-17/h8-9,14,17H,1-7,10-13,15H2. The predicted octanol–water partition coefficient (Wildman–Crippen LogP) is 3.13. The highest BCUT2D eigenvalue weighted by molar-refractivity contribution is 8.00. The van der Waals surface area contributed by atoms with Crippen molar-refractivity contribution >= 4 is 23.6 Å². The van der Waals surface area contributed by atoms with Crippen molar-refractivity contribution in [2.75, 3.05) is 31.9 Å². The third kappa shape index (κ3) is 3.93. The monoisotopic (exact) mass is 372 g/mol. The Morgan fingerprint density at radius 2 is 1.62 bits per heavy atom. The number of hydrogen-bond acceptors (Lipinski definition) is 3. The molecule has 0 bridgehead atoms. The molecule has 0 spiro atoms. The molecule has 2 aliphatic carbocycles. The maximum Gasteiger partial charge on any atom is 0.233 e. The average molecular weight is 373 g/mol. The van der Waals surface area contributed by atoms with Crippen molar-refractivity contribution in [2.24, 2.45) is 5.92 Å². The molecule has 4 nitrogen and oxygen atoms in total. The number of rotatable bonds is 4. The van der Waals surface area contributed by atoms with Crippen LogP contribution in [-0.2, 0) is 22.4 Å². The predicted molar refractivity (Wildman–Crippen MR) is 104 cm³/mol. The van der Waals surface area contributed by atoms with Gasteiger partial charge in [0.1, 0.15) is 0 Å². The fraction of sp³-hybridized carbons (Fsp3) is 0.619. The first-order valence-electron chi connectivity index (χ1n) is 10.0. The van der Waals surface area contributed by atoms with Gasteiger partial charge in [0.25, 0.3) is 0 Å². The Balaban J connectivity index is 1.24. The highest BCUT2D eigenvalue weighted by Crippen LogP contribution is 2.28. The molecular formula is C21H28N2O2S. The lowest BCUT2D eigenvalue weighted by Crippen LogP contribution is -2.52. The third-order valence-electron chi connectivity index (χ3n) is 6.08. The maximum atomic E-state index is 12.5. The summed E-state index contributed by atoms with van der Waals surface area (Å²) < 4.78 is 0. The quantitative estimate of drug-likeness (QED) is 0.763. The largest absolute Gasteiger partial charge is 0.339 e. The van der Waals surface area contributed by atoms with Crippen LogP contribution in [0.2, 0.25) is 0 Å². The number of carbonyl (C=O) groups is 2. The van der Waals surface area contributed by atoms with Crippen molar-refractivity contribution < 1.29 is 9.59 Å². The fourth-order valence-electron chi connectivity index (χ4n) is 4.48. The van der Waals surface area contributed by atoms with Gasteiger partial charge in [0.2, 0.25) is 11.8 Å². The third-order valence-corrected chi connectivity index (χ3v) is 7.06. The molecule has 1 saturated carbocycles. The van der Waals surface area contributed by atoms with Crippen LogP contribution in [0.15, 0.2) is 23.1 Å². The summed E-state index contributed by atoms with van der Waals surface area (Å²) in [4.78, 5) is 30.2. The highest BCUT2D eigenvalue weighted by atomic mass is 32.2. The highest BCUT2D eigenvalue weighted by Gasteiger charge is 2.30. The van der Waals surface area contributed by atoms with Crippen LogP contribution in [0, 0.1) is 5.92 Å². The van der Waals surface area contributed by atoms with E-state index in [1.54, 1.807) is 11.8 Å². The van der Waals surface area contributed by atoms with Gasteiger partial charge in [-0.2, -0.15) is 0 Å². The Kier molecular flexibility index (Phi) is 5.53. The lowest BCUT2D eigenvalue weighted by molar-refractivity contribution is -0.141. The van der Waals surface area contributed by atoms with Crippen LogP contribution >= 0.6 is 11.8 Å². The van der Waals surface area contributed by atoms with E-state index in [1.165, 1.54) is 48.1 Å². The fourth-order valence-corrected chi connectivity index (χ4v) is 5.34. The van der Waals surface area contributed by atoms with Gasteiger partial charge in [0, 0.05) is 37.0 Å². The molecule has 26 heavy (non-hydrogen) atoms. The number of fused-ring (bicyclic) bond motifs is 1. The molecule has 4 rings (SSSR count).